The van der Waals surface area contributed by atoms with E-state index in [2.05, 4.69) is 9.98 Å². The number of benzene rings is 1. The van der Waals surface area contributed by atoms with Gasteiger partial charge in [-0.3, -0.25) is 0 Å². The first-order valence-electron chi connectivity index (χ1n) is 5.01. The third-order valence-corrected chi connectivity index (χ3v) is 3.08. The Morgan fingerprint density at radius 1 is 1.33 bits per heavy atom. The minimum atomic E-state index is -0.274. The summed E-state index contributed by atoms with van der Waals surface area (Å²) in [6, 6.07) is 8.10. The molecule has 0 atom stereocenters. The minimum Gasteiger partial charge on any atom is -0.361 e. The van der Waals surface area contributed by atoms with E-state index in [0.717, 1.165) is 29.3 Å². The second kappa shape index (κ2) is 2.81. The van der Waals surface area contributed by atoms with Crippen LogP contribution in [0.3, 0.4) is 0 Å². The fraction of sp³-hybridized carbons (Fsp3) is 0.250. The number of rotatable bonds is 2. The van der Waals surface area contributed by atoms with Crippen molar-refractivity contribution in [2.24, 2.45) is 4.99 Å². The molecule has 1 aliphatic rings. The number of aromatic nitrogens is 1. The first-order valence-corrected chi connectivity index (χ1v) is 5.01. The predicted molar refractivity (Wildman–Crippen MR) is 57.3 cm³/mol. The Morgan fingerprint density at radius 3 is 2.93 bits per heavy atom. The highest BCUT2D eigenvalue weighted by Crippen LogP contribution is 2.51. The Kier molecular flexibility index (Phi) is 1.58. The lowest BCUT2D eigenvalue weighted by molar-refractivity contribution is 0.556. The van der Waals surface area contributed by atoms with Crippen LogP contribution >= 0.6 is 0 Å². The van der Waals surface area contributed by atoms with Crippen molar-refractivity contribution in [3.63, 3.8) is 0 Å². The zero-order valence-corrected chi connectivity index (χ0v) is 8.16. The van der Waals surface area contributed by atoms with E-state index in [4.69, 9.17) is 0 Å². The van der Waals surface area contributed by atoms with Crippen LogP contribution in [-0.4, -0.2) is 11.1 Å². The number of hydrogen-bond acceptors (Lipinski definition) is 2. The van der Waals surface area contributed by atoms with Gasteiger partial charge in [0.15, 0.2) is 0 Å². The molecule has 0 radical (unpaired) electrons. The Hall–Kier alpha value is -1.86. The average Bonchev–Trinajstić information content (AvgIpc) is 2.88. The zero-order valence-electron chi connectivity index (χ0n) is 8.16. The quantitative estimate of drug-likeness (QED) is 0.584. The van der Waals surface area contributed by atoms with Crippen LogP contribution in [0, 0.1) is 0 Å². The van der Waals surface area contributed by atoms with E-state index in [9.17, 15) is 4.79 Å². The van der Waals surface area contributed by atoms with Crippen molar-refractivity contribution in [2.75, 3.05) is 0 Å². The van der Waals surface area contributed by atoms with E-state index in [-0.39, 0.29) is 5.54 Å². The summed E-state index contributed by atoms with van der Waals surface area (Å²) in [4.78, 5) is 17.5. The summed E-state index contributed by atoms with van der Waals surface area (Å²) in [5, 5.41) is 1.16. The number of aliphatic imine (C=N–C) groups is 1. The molecule has 0 amide bonds. The maximum absolute atomic E-state index is 10.4. The van der Waals surface area contributed by atoms with Crippen molar-refractivity contribution >= 4 is 17.0 Å². The molecule has 3 rings (SSSR count). The van der Waals surface area contributed by atoms with E-state index in [1.54, 1.807) is 6.08 Å². The highest BCUT2D eigenvalue weighted by Gasteiger charge is 2.45. The van der Waals surface area contributed by atoms with Crippen molar-refractivity contribution in [2.45, 2.75) is 18.4 Å². The molecule has 3 heteroatoms. The standard InChI is InChI=1S/C12H10N2O/c15-8-14-12(5-6-12)10-2-1-3-11-9(10)4-7-13-11/h1-4,7,13H,5-6H2. The van der Waals surface area contributed by atoms with Crippen LogP contribution in [0.1, 0.15) is 18.4 Å². The summed E-state index contributed by atoms with van der Waals surface area (Å²) in [5.74, 6) is 0. The van der Waals surface area contributed by atoms with Gasteiger partial charge in [0.1, 0.15) is 0 Å². The van der Waals surface area contributed by atoms with Gasteiger partial charge in [-0.2, -0.15) is 4.99 Å². The summed E-state index contributed by atoms with van der Waals surface area (Å²) < 4.78 is 0. The maximum atomic E-state index is 10.4. The monoisotopic (exact) mass is 198 g/mol. The highest BCUT2D eigenvalue weighted by molar-refractivity contribution is 5.84. The summed E-state index contributed by atoms with van der Waals surface area (Å²) in [6.45, 7) is 0. The van der Waals surface area contributed by atoms with Gasteiger partial charge in [0.2, 0.25) is 6.08 Å². The van der Waals surface area contributed by atoms with Crippen LogP contribution in [0.15, 0.2) is 35.5 Å². The molecule has 1 saturated carbocycles. The van der Waals surface area contributed by atoms with Crippen LogP contribution < -0.4 is 0 Å². The van der Waals surface area contributed by atoms with Gasteiger partial charge in [-0.05, 0) is 30.5 Å². The number of aromatic amines is 1. The van der Waals surface area contributed by atoms with Gasteiger partial charge in [-0.25, -0.2) is 4.79 Å². The largest absolute Gasteiger partial charge is 0.361 e. The summed E-state index contributed by atoms with van der Waals surface area (Å²) >= 11 is 0. The second-order valence-electron chi connectivity index (χ2n) is 3.98. The molecule has 1 fully saturated rings. The average molecular weight is 198 g/mol. The van der Waals surface area contributed by atoms with Gasteiger partial charge < -0.3 is 4.98 Å². The fourth-order valence-corrected chi connectivity index (χ4v) is 2.14. The van der Waals surface area contributed by atoms with Gasteiger partial charge in [0, 0.05) is 17.1 Å². The lowest BCUT2D eigenvalue weighted by atomic mass is 10.0. The molecule has 3 nitrogen and oxygen atoms in total. The molecule has 0 saturated heterocycles. The topological polar surface area (TPSA) is 45.2 Å². The Labute approximate surface area is 86.8 Å². The maximum Gasteiger partial charge on any atom is 0.235 e. The first kappa shape index (κ1) is 8.45. The molecule has 0 spiro atoms. The summed E-state index contributed by atoms with van der Waals surface area (Å²) in [7, 11) is 0. The Balaban J connectivity index is 2.26. The number of nitrogens with zero attached hydrogens (tertiary/aromatic N) is 1. The van der Waals surface area contributed by atoms with Crippen molar-refractivity contribution in [1.29, 1.82) is 0 Å². The second-order valence-corrected chi connectivity index (χ2v) is 3.98. The molecule has 74 valence electrons. The third kappa shape index (κ3) is 1.14. The van der Waals surface area contributed by atoms with E-state index in [0.29, 0.717) is 0 Å². The number of hydrogen-bond donors (Lipinski definition) is 1. The smallest absolute Gasteiger partial charge is 0.235 e. The van der Waals surface area contributed by atoms with E-state index >= 15 is 0 Å². The number of nitrogens with one attached hydrogen (secondary N) is 1. The number of isocyanates is 1. The van der Waals surface area contributed by atoms with Crippen LogP contribution in [0.2, 0.25) is 0 Å². The van der Waals surface area contributed by atoms with Gasteiger partial charge in [-0.1, -0.05) is 12.1 Å². The lowest BCUT2D eigenvalue weighted by Crippen LogP contribution is -2.02. The number of fused-ring (bicyclic) bond motifs is 1. The molecule has 0 unspecified atom stereocenters. The molecule has 1 N–H and O–H groups in total. The highest BCUT2D eigenvalue weighted by atomic mass is 16.1. The van der Waals surface area contributed by atoms with E-state index in [1.165, 1.54) is 0 Å². The van der Waals surface area contributed by atoms with Gasteiger partial charge in [-0.15, -0.1) is 0 Å². The third-order valence-electron chi connectivity index (χ3n) is 3.08. The number of carbonyl (C=O) groups excluding carboxylic acids is 1. The number of H-pyrrole nitrogens is 1. The van der Waals surface area contributed by atoms with Crippen molar-refractivity contribution < 1.29 is 4.79 Å². The Bertz CT molecular complexity index is 560. The van der Waals surface area contributed by atoms with Crippen molar-refractivity contribution in [1.82, 2.24) is 4.98 Å². The Morgan fingerprint density at radius 2 is 2.20 bits per heavy atom. The van der Waals surface area contributed by atoms with Crippen LogP contribution in [0.5, 0.6) is 0 Å². The van der Waals surface area contributed by atoms with E-state index in [1.807, 2.05) is 30.5 Å². The molecule has 0 bridgehead atoms. The molecule has 15 heavy (non-hydrogen) atoms. The molecule has 1 aromatic carbocycles. The van der Waals surface area contributed by atoms with Crippen LogP contribution in [0.4, 0.5) is 0 Å². The van der Waals surface area contributed by atoms with Crippen LogP contribution in [-0.2, 0) is 10.3 Å². The first-order chi connectivity index (χ1) is 7.36. The van der Waals surface area contributed by atoms with Crippen molar-refractivity contribution in [3.05, 3.63) is 36.0 Å². The summed E-state index contributed by atoms with van der Waals surface area (Å²) in [6.07, 6.45) is 5.50. The minimum absolute atomic E-state index is 0.274. The van der Waals surface area contributed by atoms with Gasteiger partial charge in [0.05, 0.1) is 5.54 Å². The van der Waals surface area contributed by atoms with Gasteiger partial charge in [0.25, 0.3) is 0 Å². The molecule has 1 aromatic heterocycles. The van der Waals surface area contributed by atoms with Gasteiger partial charge >= 0.3 is 0 Å². The fourth-order valence-electron chi connectivity index (χ4n) is 2.14. The van der Waals surface area contributed by atoms with Crippen LogP contribution in [0.25, 0.3) is 10.9 Å². The normalized spacial score (nSPS) is 17.3. The summed E-state index contributed by atoms with van der Waals surface area (Å²) in [5.41, 5.74) is 1.97. The molecule has 0 aliphatic heterocycles. The van der Waals surface area contributed by atoms with Crippen molar-refractivity contribution in [3.8, 4) is 0 Å². The molecular weight excluding hydrogens is 188 g/mol. The van der Waals surface area contributed by atoms with E-state index < -0.39 is 0 Å². The predicted octanol–water partition coefficient (Wildman–Crippen LogP) is 2.49. The lowest BCUT2D eigenvalue weighted by Gasteiger charge is -2.09. The SMILES string of the molecule is O=C=NC1(c2cccc3[nH]ccc23)CC1. The zero-order chi connectivity index (χ0) is 10.3. The molecule has 2 aromatic rings. The molecule has 1 heterocycles. The molecule has 1 aliphatic carbocycles. The molecular formula is C12H10N2O.